The standard InChI is InChI=1S/C43H44ClN7O8S/c44-31-3-1-28(2-4-31)36-22-43(26-57-27-43)11-9-30(36)24-49-13-15-50(16-14-49)32-5-7-35(39(20-32)59-33-19-29-10-12-45-41(29)46-23-33)42(52)48-60(55)34-6-8-37(38(21-34)51(53)54)47-40-25-56-17-18-58-40/h1-8,10,12,19-21,23,40,47H,9,11,13-18,22,24-27H2,(H,45,46)(H,48,52). The van der Waals surface area contributed by atoms with Gasteiger partial charge in [0.05, 0.1) is 54.6 Å². The Balaban J connectivity index is 0.919. The molecule has 3 N–H and O–H groups in total. The van der Waals surface area contributed by atoms with Crippen molar-refractivity contribution in [3.05, 3.63) is 117 Å². The number of amides is 1. The minimum Gasteiger partial charge on any atom is -0.455 e. The van der Waals surface area contributed by atoms with Crippen LogP contribution in [-0.2, 0) is 25.2 Å². The maximum absolute atomic E-state index is 13.9. The van der Waals surface area contributed by atoms with Crippen molar-refractivity contribution in [3.63, 3.8) is 0 Å². The molecule has 0 bridgehead atoms. The molecule has 312 valence electrons. The zero-order valence-corrected chi connectivity index (χ0v) is 34.3. The number of pyridine rings is 1. The fourth-order valence-corrected chi connectivity index (χ4v) is 9.22. The van der Waals surface area contributed by atoms with Gasteiger partial charge in [-0.2, -0.15) is 0 Å². The van der Waals surface area contributed by atoms with Crippen LogP contribution in [0.2, 0.25) is 5.02 Å². The Morgan fingerprint density at radius 2 is 1.87 bits per heavy atom. The molecule has 3 fully saturated rings. The minimum atomic E-state index is -2.15. The van der Waals surface area contributed by atoms with Crippen LogP contribution in [0.15, 0.2) is 95.7 Å². The van der Waals surface area contributed by atoms with Gasteiger partial charge >= 0.3 is 0 Å². The lowest BCUT2D eigenvalue weighted by atomic mass is 9.69. The molecule has 60 heavy (non-hydrogen) atoms. The molecule has 1 aliphatic carbocycles. The smallest absolute Gasteiger partial charge is 0.293 e. The third-order valence-corrected chi connectivity index (χ3v) is 12.9. The minimum absolute atomic E-state index is 0.0429. The van der Waals surface area contributed by atoms with Crippen molar-refractivity contribution in [2.24, 2.45) is 5.41 Å². The van der Waals surface area contributed by atoms with Crippen LogP contribution in [0.4, 0.5) is 17.1 Å². The van der Waals surface area contributed by atoms with Crippen LogP contribution >= 0.6 is 11.6 Å². The van der Waals surface area contributed by atoms with Crippen molar-refractivity contribution >= 4 is 62.2 Å². The lowest BCUT2D eigenvalue weighted by Crippen LogP contribution is -2.48. The molecule has 2 aromatic heterocycles. The van der Waals surface area contributed by atoms with Crippen molar-refractivity contribution in [3.8, 4) is 11.5 Å². The second-order valence-electron chi connectivity index (χ2n) is 15.6. The number of rotatable bonds is 12. The van der Waals surface area contributed by atoms with Gasteiger partial charge in [0.2, 0.25) is 0 Å². The van der Waals surface area contributed by atoms with Crippen LogP contribution in [-0.4, -0.2) is 102 Å². The Morgan fingerprint density at radius 1 is 1.03 bits per heavy atom. The first-order valence-corrected chi connectivity index (χ1v) is 21.5. The van der Waals surface area contributed by atoms with E-state index in [0.717, 1.165) is 81.3 Å². The van der Waals surface area contributed by atoms with E-state index in [-0.39, 0.29) is 39.6 Å². The van der Waals surface area contributed by atoms with Gasteiger partial charge in [0, 0.05) is 72.6 Å². The van der Waals surface area contributed by atoms with E-state index < -0.39 is 28.0 Å². The third-order valence-electron chi connectivity index (χ3n) is 11.6. The molecular formula is C43H44ClN7O8S. The topological polar surface area (TPSA) is 173 Å². The van der Waals surface area contributed by atoms with Gasteiger partial charge in [-0.05, 0) is 78.9 Å². The Bertz CT molecular complexity index is 2460. The number of H-pyrrole nitrogens is 1. The predicted octanol–water partition coefficient (Wildman–Crippen LogP) is 6.93. The molecule has 5 heterocycles. The molecule has 15 nitrogen and oxygen atoms in total. The van der Waals surface area contributed by atoms with E-state index in [1.807, 2.05) is 36.4 Å². The number of nitro groups is 1. The number of hydrogen-bond donors (Lipinski definition) is 3. The number of carbonyl (C=O) groups excluding carboxylic acids is 1. The third kappa shape index (κ3) is 8.75. The number of nitrogens with zero attached hydrogens (tertiary/aromatic N) is 4. The number of nitrogens with one attached hydrogen (secondary N) is 3. The Hall–Kier alpha value is -5.36. The monoisotopic (exact) mass is 853 g/mol. The van der Waals surface area contributed by atoms with E-state index in [9.17, 15) is 19.1 Å². The molecule has 5 aromatic rings. The number of ether oxygens (including phenoxy) is 4. The zero-order valence-electron chi connectivity index (χ0n) is 32.7. The van der Waals surface area contributed by atoms with E-state index in [2.05, 4.69) is 41.9 Å². The lowest BCUT2D eigenvalue weighted by Gasteiger charge is -2.46. The summed E-state index contributed by atoms with van der Waals surface area (Å²) in [6.45, 7) is 6.76. The SMILES string of the molecule is O=C(NS(=O)c1ccc(NC2COCCO2)c([N+](=O)[O-])c1)c1ccc(N2CCN(CC3=C(c4ccc(Cl)cc4)CC4(CC3)COC4)CC2)cc1Oc1cnc2[nH]ccc2c1. The molecule has 0 saturated carbocycles. The number of nitro benzene ring substituents is 1. The quantitative estimate of drug-likeness (QED) is 0.0874. The van der Waals surface area contributed by atoms with Crippen LogP contribution in [0.3, 0.4) is 0 Å². The van der Waals surface area contributed by atoms with Crippen LogP contribution in [0.25, 0.3) is 16.6 Å². The van der Waals surface area contributed by atoms with Gasteiger partial charge in [-0.1, -0.05) is 29.3 Å². The molecule has 3 aromatic carbocycles. The van der Waals surface area contributed by atoms with Crippen LogP contribution in [0.5, 0.6) is 11.5 Å². The summed E-state index contributed by atoms with van der Waals surface area (Å²) in [5.41, 5.74) is 5.92. The lowest BCUT2D eigenvalue weighted by molar-refractivity contribution is -0.384. The highest BCUT2D eigenvalue weighted by Gasteiger charge is 2.42. The number of aromatic amines is 1. The number of piperazine rings is 1. The molecule has 0 radical (unpaired) electrons. The van der Waals surface area contributed by atoms with Crippen molar-refractivity contribution in [2.45, 2.75) is 30.4 Å². The predicted molar refractivity (Wildman–Crippen MR) is 228 cm³/mol. The van der Waals surface area contributed by atoms with Gasteiger partial charge in [-0.25, -0.2) is 9.19 Å². The van der Waals surface area contributed by atoms with E-state index in [1.54, 1.807) is 18.5 Å². The summed E-state index contributed by atoms with van der Waals surface area (Å²) >= 11 is 6.26. The second-order valence-corrected chi connectivity index (χ2v) is 17.3. The summed E-state index contributed by atoms with van der Waals surface area (Å²) in [4.78, 5) is 37.6. The van der Waals surface area contributed by atoms with Gasteiger partial charge in [-0.15, -0.1) is 0 Å². The number of allylic oxidation sites excluding steroid dienone is 1. The number of hydrogen-bond acceptors (Lipinski definition) is 12. The van der Waals surface area contributed by atoms with Gasteiger partial charge in [0.15, 0.2) is 17.2 Å². The molecular weight excluding hydrogens is 810 g/mol. The number of benzene rings is 3. The molecule has 1 amide bonds. The van der Waals surface area contributed by atoms with E-state index >= 15 is 0 Å². The highest BCUT2D eigenvalue weighted by Crippen LogP contribution is 2.48. The second kappa shape index (κ2) is 17.3. The Kier molecular flexibility index (Phi) is 11.6. The molecule has 17 heteroatoms. The zero-order chi connectivity index (χ0) is 41.2. The fourth-order valence-electron chi connectivity index (χ4n) is 8.28. The summed E-state index contributed by atoms with van der Waals surface area (Å²) in [5.74, 6) is -0.0199. The molecule has 2 atom stereocenters. The van der Waals surface area contributed by atoms with E-state index in [4.69, 9.17) is 30.5 Å². The molecule has 9 rings (SSSR count). The first-order chi connectivity index (χ1) is 29.2. The Morgan fingerprint density at radius 3 is 2.62 bits per heavy atom. The van der Waals surface area contributed by atoms with Crippen LogP contribution in [0.1, 0.15) is 35.2 Å². The fraction of sp³-hybridized carbons (Fsp3) is 0.349. The first-order valence-electron chi connectivity index (χ1n) is 19.9. The average molecular weight is 854 g/mol. The molecule has 4 aliphatic rings. The van der Waals surface area contributed by atoms with Gasteiger partial charge in [0.1, 0.15) is 22.8 Å². The maximum Gasteiger partial charge on any atom is 0.293 e. The summed E-state index contributed by atoms with van der Waals surface area (Å²) in [6.07, 6.45) is 5.98. The van der Waals surface area contributed by atoms with Gasteiger partial charge in [0.25, 0.3) is 11.6 Å². The number of anilines is 2. The first kappa shape index (κ1) is 40.1. The molecule has 1 spiro atoms. The summed E-state index contributed by atoms with van der Waals surface area (Å²) in [6, 6.07) is 21.3. The van der Waals surface area contributed by atoms with Crippen molar-refractivity contribution in [1.82, 2.24) is 19.6 Å². The summed E-state index contributed by atoms with van der Waals surface area (Å²) in [5, 5.41) is 16.5. The normalized spacial score (nSPS) is 19.8. The number of carbonyl (C=O) groups is 1. The number of fused-ring (bicyclic) bond motifs is 1. The molecule has 3 saturated heterocycles. The van der Waals surface area contributed by atoms with Crippen molar-refractivity contribution < 1.29 is 32.9 Å². The van der Waals surface area contributed by atoms with E-state index in [1.165, 1.54) is 34.9 Å². The van der Waals surface area contributed by atoms with Crippen LogP contribution < -0.4 is 19.7 Å². The average Bonchev–Trinajstić information content (AvgIpc) is 3.72. The van der Waals surface area contributed by atoms with Crippen LogP contribution in [0, 0.1) is 15.5 Å². The largest absolute Gasteiger partial charge is 0.455 e. The van der Waals surface area contributed by atoms with E-state index in [0.29, 0.717) is 24.6 Å². The van der Waals surface area contributed by atoms with Gasteiger partial charge < -0.3 is 34.1 Å². The summed E-state index contributed by atoms with van der Waals surface area (Å²) < 4.78 is 39.0. The van der Waals surface area contributed by atoms with Gasteiger partial charge in [-0.3, -0.25) is 24.5 Å². The Labute approximate surface area is 353 Å². The number of aromatic nitrogens is 2. The maximum atomic E-state index is 13.9. The van der Waals surface area contributed by atoms with Crippen molar-refractivity contribution in [2.75, 3.05) is 76.0 Å². The highest BCUT2D eigenvalue weighted by atomic mass is 35.5. The molecule has 2 unspecified atom stereocenters. The number of halogens is 1. The van der Waals surface area contributed by atoms with Crippen molar-refractivity contribution in [1.29, 1.82) is 0 Å². The summed E-state index contributed by atoms with van der Waals surface area (Å²) in [7, 11) is -2.15. The molecule has 3 aliphatic heterocycles. The highest BCUT2D eigenvalue weighted by molar-refractivity contribution is 7.83.